The second kappa shape index (κ2) is 12.1. The van der Waals surface area contributed by atoms with Crippen LogP contribution in [0.2, 0.25) is 0 Å². The molecule has 0 bridgehead atoms. The van der Waals surface area contributed by atoms with Crippen LogP contribution in [0.1, 0.15) is 35.6 Å². The number of nitrogens with one attached hydrogen (secondary N) is 2. The lowest BCUT2D eigenvalue weighted by Gasteiger charge is -2.29. The molecule has 29 heavy (non-hydrogen) atoms. The zero-order valence-electron chi connectivity index (χ0n) is 16.8. The lowest BCUT2D eigenvalue weighted by atomic mass is 10.1. The molecule has 1 saturated heterocycles. The standard InChI is InChI=1S/C22H29FN4O.HI/c1-24-22(25-14-17-9-10-20(23)19(13-17)16-28)26-15-21(27-11-5-6-12-27)18-7-3-2-4-8-18;/h2-4,7-10,13,21,28H,5-6,11-12,14-16H2,1H3,(H2,24,25,26);1H. The van der Waals surface area contributed by atoms with E-state index >= 15 is 0 Å². The number of hydrogen-bond donors (Lipinski definition) is 3. The Hall–Kier alpha value is -1.71. The first-order valence-electron chi connectivity index (χ1n) is 9.83. The Labute approximate surface area is 189 Å². The van der Waals surface area contributed by atoms with Crippen LogP contribution in [0.25, 0.3) is 0 Å². The summed E-state index contributed by atoms with van der Waals surface area (Å²) in [7, 11) is 1.74. The number of rotatable bonds is 7. The lowest BCUT2D eigenvalue weighted by Crippen LogP contribution is -2.42. The molecule has 1 heterocycles. The van der Waals surface area contributed by atoms with Crippen LogP contribution < -0.4 is 10.6 Å². The Balaban J connectivity index is 0.00000300. The second-order valence-corrected chi connectivity index (χ2v) is 7.06. The van der Waals surface area contributed by atoms with Crippen molar-refractivity contribution < 1.29 is 9.50 Å². The molecule has 158 valence electrons. The first-order valence-corrected chi connectivity index (χ1v) is 9.83. The largest absolute Gasteiger partial charge is 0.392 e. The third kappa shape index (κ3) is 6.65. The third-order valence-corrected chi connectivity index (χ3v) is 5.19. The van der Waals surface area contributed by atoms with Crippen LogP contribution in [0.15, 0.2) is 53.5 Å². The van der Waals surface area contributed by atoms with Gasteiger partial charge in [0.05, 0.1) is 12.6 Å². The third-order valence-electron chi connectivity index (χ3n) is 5.19. The van der Waals surface area contributed by atoms with E-state index in [1.54, 1.807) is 19.2 Å². The quantitative estimate of drug-likeness (QED) is 0.302. The SMILES string of the molecule is CN=C(NCc1ccc(F)c(CO)c1)NCC(c1ccccc1)N1CCCC1.I. The minimum Gasteiger partial charge on any atom is -0.392 e. The van der Waals surface area contributed by atoms with E-state index in [0.29, 0.717) is 24.1 Å². The molecule has 5 nitrogen and oxygen atoms in total. The van der Waals surface area contributed by atoms with Crippen molar-refractivity contribution >= 4 is 29.9 Å². The van der Waals surface area contributed by atoms with E-state index in [1.165, 1.54) is 24.5 Å². The summed E-state index contributed by atoms with van der Waals surface area (Å²) in [4.78, 5) is 6.82. The van der Waals surface area contributed by atoms with E-state index < -0.39 is 0 Å². The number of nitrogens with zero attached hydrogens (tertiary/aromatic N) is 2. The van der Waals surface area contributed by atoms with Gasteiger partial charge in [-0.05, 0) is 49.2 Å². The number of halogens is 2. The minimum absolute atomic E-state index is 0. The van der Waals surface area contributed by atoms with Gasteiger partial charge in [0.2, 0.25) is 0 Å². The Morgan fingerprint density at radius 3 is 2.52 bits per heavy atom. The highest BCUT2D eigenvalue weighted by atomic mass is 127. The van der Waals surface area contributed by atoms with Gasteiger partial charge in [0.25, 0.3) is 0 Å². The second-order valence-electron chi connectivity index (χ2n) is 7.06. The van der Waals surface area contributed by atoms with Crippen LogP contribution in [-0.2, 0) is 13.2 Å². The van der Waals surface area contributed by atoms with E-state index in [2.05, 4.69) is 44.8 Å². The first kappa shape index (κ1) is 23.6. The van der Waals surface area contributed by atoms with Crippen LogP contribution in [0.4, 0.5) is 4.39 Å². The molecule has 1 aliphatic rings. The van der Waals surface area contributed by atoms with E-state index in [0.717, 1.165) is 25.2 Å². The summed E-state index contributed by atoms with van der Waals surface area (Å²) in [6.45, 7) is 3.20. The zero-order valence-corrected chi connectivity index (χ0v) is 19.1. The summed E-state index contributed by atoms with van der Waals surface area (Å²) in [5, 5.41) is 15.9. The number of likely N-dealkylation sites (tertiary alicyclic amines) is 1. The highest BCUT2D eigenvalue weighted by Gasteiger charge is 2.23. The Kier molecular flexibility index (Phi) is 9.83. The van der Waals surface area contributed by atoms with Gasteiger partial charge in [-0.2, -0.15) is 0 Å². The molecular weight excluding hydrogens is 482 g/mol. The smallest absolute Gasteiger partial charge is 0.191 e. The molecule has 1 atom stereocenters. The summed E-state index contributed by atoms with van der Waals surface area (Å²) in [5.74, 6) is 0.320. The topological polar surface area (TPSA) is 59.9 Å². The summed E-state index contributed by atoms with van der Waals surface area (Å²) >= 11 is 0. The van der Waals surface area contributed by atoms with Crippen LogP contribution in [0.5, 0.6) is 0 Å². The van der Waals surface area contributed by atoms with Crippen LogP contribution in [0, 0.1) is 5.82 Å². The molecule has 0 amide bonds. The number of hydrogen-bond acceptors (Lipinski definition) is 3. The molecule has 0 radical (unpaired) electrons. The van der Waals surface area contributed by atoms with Gasteiger partial charge in [0.1, 0.15) is 5.82 Å². The summed E-state index contributed by atoms with van der Waals surface area (Å²) < 4.78 is 13.5. The first-order chi connectivity index (χ1) is 13.7. The lowest BCUT2D eigenvalue weighted by molar-refractivity contribution is 0.245. The molecule has 0 aromatic heterocycles. The van der Waals surface area contributed by atoms with Crippen molar-refractivity contribution in [3.8, 4) is 0 Å². The van der Waals surface area contributed by atoms with Crippen molar-refractivity contribution in [2.45, 2.75) is 32.0 Å². The fraction of sp³-hybridized carbons (Fsp3) is 0.409. The number of benzene rings is 2. The molecular formula is C22H30FIN4O. The Morgan fingerprint density at radius 1 is 1.14 bits per heavy atom. The fourth-order valence-corrected chi connectivity index (χ4v) is 3.65. The molecule has 3 N–H and O–H groups in total. The predicted octanol–water partition coefficient (Wildman–Crippen LogP) is 3.44. The maximum absolute atomic E-state index is 13.5. The van der Waals surface area contributed by atoms with Gasteiger partial charge in [-0.15, -0.1) is 24.0 Å². The van der Waals surface area contributed by atoms with E-state index in [9.17, 15) is 9.50 Å². The molecule has 0 aliphatic carbocycles. The highest BCUT2D eigenvalue weighted by Crippen LogP contribution is 2.24. The molecule has 7 heteroatoms. The van der Waals surface area contributed by atoms with Crippen LogP contribution >= 0.6 is 24.0 Å². The van der Waals surface area contributed by atoms with Gasteiger partial charge in [-0.3, -0.25) is 9.89 Å². The summed E-state index contributed by atoms with van der Waals surface area (Å²) in [5.41, 5.74) is 2.51. The highest BCUT2D eigenvalue weighted by molar-refractivity contribution is 14.0. The molecule has 2 aromatic rings. The van der Waals surface area contributed by atoms with Gasteiger partial charge in [-0.1, -0.05) is 36.4 Å². The van der Waals surface area contributed by atoms with Gasteiger partial charge >= 0.3 is 0 Å². The fourth-order valence-electron chi connectivity index (χ4n) is 3.65. The molecule has 0 saturated carbocycles. The Bertz CT molecular complexity index is 782. The molecule has 2 aromatic carbocycles. The van der Waals surface area contributed by atoms with Crippen molar-refractivity contribution in [2.24, 2.45) is 4.99 Å². The Morgan fingerprint density at radius 2 is 1.86 bits per heavy atom. The molecule has 1 aliphatic heterocycles. The average Bonchev–Trinajstić information content (AvgIpc) is 3.26. The monoisotopic (exact) mass is 512 g/mol. The van der Waals surface area contributed by atoms with E-state index in [1.807, 2.05) is 6.07 Å². The van der Waals surface area contributed by atoms with Crippen LogP contribution in [0.3, 0.4) is 0 Å². The molecule has 1 fully saturated rings. The van der Waals surface area contributed by atoms with Gasteiger partial charge < -0.3 is 15.7 Å². The number of aliphatic hydroxyl groups excluding tert-OH is 1. The summed E-state index contributed by atoms with van der Waals surface area (Å²) in [6, 6.07) is 15.6. The van der Waals surface area contributed by atoms with E-state index in [-0.39, 0.29) is 36.4 Å². The van der Waals surface area contributed by atoms with E-state index in [4.69, 9.17) is 0 Å². The number of guanidine groups is 1. The molecule has 1 unspecified atom stereocenters. The number of aliphatic hydroxyl groups is 1. The average molecular weight is 512 g/mol. The van der Waals surface area contributed by atoms with Crippen molar-refractivity contribution in [3.05, 3.63) is 71.0 Å². The van der Waals surface area contributed by atoms with Gasteiger partial charge in [0.15, 0.2) is 5.96 Å². The number of aliphatic imine (C=N–C) groups is 1. The minimum atomic E-state index is -0.384. The molecule has 0 spiro atoms. The van der Waals surface area contributed by atoms with Crippen molar-refractivity contribution in [3.63, 3.8) is 0 Å². The van der Waals surface area contributed by atoms with Crippen LogP contribution in [-0.4, -0.2) is 42.6 Å². The normalized spacial score (nSPS) is 15.6. The maximum atomic E-state index is 13.5. The predicted molar refractivity (Wildman–Crippen MR) is 126 cm³/mol. The summed E-state index contributed by atoms with van der Waals surface area (Å²) in [6.07, 6.45) is 2.49. The van der Waals surface area contributed by atoms with Gasteiger partial charge in [-0.25, -0.2) is 4.39 Å². The molecule has 3 rings (SSSR count). The van der Waals surface area contributed by atoms with Gasteiger partial charge in [0, 0.05) is 25.7 Å². The maximum Gasteiger partial charge on any atom is 0.191 e. The van der Waals surface area contributed by atoms with Crippen molar-refractivity contribution in [2.75, 3.05) is 26.7 Å². The van der Waals surface area contributed by atoms with Crippen molar-refractivity contribution in [1.29, 1.82) is 0 Å². The zero-order chi connectivity index (χ0) is 19.8. The van der Waals surface area contributed by atoms with Crippen molar-refractivity contribution in [1.82, 2.24) is 15.5 Å².